The second-order valence-corrected chi connectivity index (χ2v) is 10.8. The van der Waals surface area contributed by atoms with Crippen molar-refractivity contribution < 1.29 is 35.0 Å². The number of hydrogen-bond donors (Lipinski definition) is 0. The summed E-state index contributed by atoms with van der Waals surface area (Å²) in [6.07, 6.45) is 0. The Morgan fingerprint density at radius 2 is 1.07 bits per heavy atom. The van der Waals surface area contributed by atoms with Gasteiger partial charge in [-0.1, -0.05) is 0 Å². The third kappa shape index (κ3) is 5.27. The van der Waals surface area contributed by atoms with E-state index in [-0.39, 0.29) is 9.79 Å². The van der Waals surface area contributed by atoms with Crippen molar-refractivity contribution in [2.75, 3.05) is 14.2 Å². The minimum Gasteiger partial charge on any atom is -0.270 e. The summed E-state index contributed by atoms with van der Waals surface area (Å²) in [6, 6.07) is 6.14. The molecule has 2 rings (SSSR count). The molecular weight excluding hydrogens is 484 g/mol. The van der Waals surface area contributed by atoms with Crippen molar-refractivity contribution >= 4 is 53.2 Å². The lowest BCUT2D eigenvalue weighted by Gasteiger charge is -2.07. The number of hydrogen-bond acceptors (Lipinski definition) is 12. The molecule has 0 atom stereocenters. The Morgan fingerprint density at radius 3 is 1.33 bits per heavy atom. The van der Waals surface area contributed by atoms with Crippen molar-refractivity contribution in [3.8, 4) is 0 Å². The van der Waals surface area contributed by atoms with Gasteiger partial charge in [-0.2, -0.15) is 16.8 Å². The maximum absolute atomic E-state index is 11.7. The van der Waals surface area contributed by atoms with E-state index in [0.29, 0.717) is 0 Å². The molecule has 162 valence electrons. The summed E-state index contributed by atoms with van der Waals surface area (Å²) in [5, 5.41) is 22.6. The van der Waals surface area contributed by atoms with Crippen molar-refractivity contribution in [2.45, 2.75) is 19.6 Å². The van der Waals surface area contributed by atoms with E-state index in [9.17, 15) is 37.1 Å². The second kappa shape index (κ2) is 9.27. The van der Waals surface area contributed by atoms with E-state index in [4.69, 9.17) is 0 Å². The van der Waals surface area contributed by atoms with Gasteiger partial charge < -0.3 is 0 Å². The fourth-order valence-corrected chi connectivity index (χ4v) is 5.63. The normalized spacial score (nSPS) is 11.9. The van der Waals surface area contributed by atoms with Crippen molar-refractivity contribution in [3.05, 3.63) is 56.6 Å². The molecule has 0 unspecified atom stereocenters. The Bertz CT molecular complexity index is 1120. The molecule has 0 heterocycles. The molecule has 0 saturated heterocycles. The van der Waals surface area contributed by atoms with Gasteiger partial charge in [-0.15, -0.1) is 0 Å². The highest BCUT2D eigenvalue weighted by atomic mass is 33.1. The van der Waals surface area contributed by atoms with Crippen LogP contribution in [0.25, 0.3) is 0 Å². The Balaban J connectivity index is 2.41. The maximum Gasteiger partial charge on any atom is 0.296 e. The van der Waals surface area contributed by atoms with Crippen LogP contribution in [0.4, 0.5) is 11.4 Å². The first-order valence-corrected chi connectivity index (χ1v) is 12.4. The summed E-state index contributed by atoms with van der Waals surface area (Å²) in [5.74, 6) is 0. The summed E-state index contributed by atoms with van der Waals surface area (Å²) in [6.45, 7) is 0. The molecule has 12 nitrogen and oxygen atoms in total. The minimum absolute atomic E-state index is 0.0166. The number of rotatable bonds is 9. The molecule has 0 bridgehead atoms. The zero-order chi connectivity index (χ0) is 22.7. The van der Waals surface area contributed by atoms with Gasteiger partial charge in [0, 0.05) is 12.1 Å². The quantitative estimate of drug-likeness (QED) is 0.215. The van der Waals surface area contributed by atoms with Gasteiger partial charge in [-0.3, -0.25) is 28.6 Å². The first-order valence-electron chi connectivity index (χ1n) is 7.45. The summed E-state index contributed by atoms with van der Waals surface area (Å²) >= 11 is 0. The van der Waals surface area contributed by atoms with E-state index in [1.807, 2.05) is 0 Å². The number of nitro benzene ring substituents is 2. The van der Waals surface area contributed by atoms with E-state index in [0.717, 1.165) is 72.2 Å². The Labute approximate surface area is 178 Å². The van der Waals surface area contributed by atoms with Gasteiger partial charge in [-0.05, 0) is 45.9 Å². The highest BCUT2D eigenvalue weighted by molar-refractivity contribution is 8.76. The largest absolute Gasteiger partial charge is 0.296 e. The van der Waals surface area contributed by atoms with Crippen molar-refractivity contribution in [2.24, 2.45) is 0 Å². The number of nitro groups is 2. The van der Waals surface area contributed by atoms with E-state index in [1.165, 1.54) is 0 Å². The van der Waals surface area contributed by atoms with E-state index in [2.05, 4.69) is 8.37 Å². The molecule has 16 heteroatoms. The maximum atomic E-state index is 11.7. The van der Waals surface area contributed by atoms with Crippen LogP contribution in [0.3, 0.4) is 0 Å². The lowest BCUT2D eigenvalue weighted by molar-refractivity contribution is -0.388. The van der Waals surface area contributed by atoms with Gasteiger partial charge in [0.15, 0.2) is 0 Å². The van der Waals surface area contributed by atoms with Crippen molar-refractivity contribution in [1.29, 1.82) is 0 Å². The van der Waals surface area contributed by atoms with Crippen LogP contribution < -0.4 is 0 Å². The third-order valence-electron chi connectivity index (χ3n) is 3.49. The predicted octanol–water partition coefficient (Wildman–Crippen LogP) is 2.97. The summed E-state index contributed by atoms with van der Waals surface area (Å²) in [5.41, 5.74) is -1.10. The molecule has 0 aromatic heterocycles. The average molecular weight is 497 g/mol. The summed E-state index contributed by atoms with van der Waals surface area (Å²) in [4.78, 5) is 20.2. The van der Waals surface area contributed by atoms with Gasteiger partial charge in [0.1, 0.15) is 9.79 Å². The molecule has 0 aliphatic rings. The molecule has 0 amide bonds. The van der Waals surface area contributed by atoms with Crippen LogP contribution in [-0.4, -0.2) is 40.9 Å². The standard InChI is InChI=1S/C14H12N2O10S4/c1-25-29(21,22)9-3-5-13(11(7-9)15(17)18)27-28-14-6-4-10(30(23,24)26-2)8-12(14)16(19)20/h3-8H,1-2H3. The van der Waals surface area contributed by atoms with Crippen LogP contribution in [-0.2, 0) is 28.6 Å². The van der Waals surface area contributed by atoms with Crippen molar-refractivity contribution in [3.63, 3.8) is 0 Å². The SMILES string of the molecule is COS(=O)(=O)c1ccc(SSc2ccc(S(=O)(=O)OC)cc2[N+](=O)[O-])c([N+](=O)[O-])c1. The van der Waals surface area contributed by atoms with Gasteiger partial charge in [0.25, 0.3) is 31.6 Å². The van der Waals surface area contributed by atoms with Gasteiger partial charge >= 0.3 is 0 Å². The molecule has 0 fully saturated rings. The third-order valence-corrected chi connectivity index (χ3v) is 8.49. The van der Waals surface area contributed by atoms with Gasteiger partial charge in [0.05, 0.1) is 33.9 Å². The van der Waals surface area contributed by atoms with Crippen LogP contribution in [0, 0.1) is 20.2 Å². The molecule has 0 radical (unpaired) electrons. The van der Waals surface area contributed by atoms with Crippen LogP contribution in [0.2, 0.25) is 0 Å². The van der Waals surface area contributed by atoms with Crippen LogP contribution in [0.5, 0.6) is 0 Å². The van der Waals surface area contributed by atoms with Crippen LogP contribution in [0.1, 0.15) is 0 Å². The fourth-order valence-electron chi connectivity index (χ4n) is 2.01. The van der Waals surface area contributed by atoms with Crippen LogP contribution >= 0.6 is 21.6 Å². The van der Waals surface area contributed by atoms with Crippen LogP contribution in [0.15, 0.2) is 56.0 Å². The van der Waals surface area contributed by atoms with E-state index < -0.39 is 51.2 Å². The summed E-state index contributed by atoms with van der Waals surface area (Å²) in [7, 11) is -4.97. The van der Waals surface area contributed by atoms with E-state index in [1.54, 1.807) is 0 Å². The smallest absolute Gasteiger partial charge is 0.270 e. The predicted molar refractivity (Wildman–Crippen MR) is 106 cm³/mol. The molecule has 2 aromatic rings. The zero-order valence-corrected chi connectivity index (χ0v) is 18.3. The average Bonchev–Trinajstić information content (AvgIpc) is 2.71. The topological polar surface area (TPSA) is 173 Å². The number of nitrogens with zero attached hydrogens (tertiary/aromatic N) is 2. The van der Waals surface area contributed by atoms with Crippen molar-refractivity contribution in [1.82, 2.24) is 0 Å². The molecule has 0 aliphatic carbocycles. The molecule has 0 saturated carbocycles. The number of benzene rings is 2. The van der Waals surface area contributed by atoms with Gasteiger partial charge in [-0.25, -0.2) is 0 Å². The Hall–Kier alpha value is -2.24. The molecule has 0 N–H and O–H groups in total. The van der Waals surface area contributed by atoms with Gasteiger partial charge in [0.2, 0.25) is 0 Å². The Kier molecular flexibility index (Phi) is 7.43. The summed E-state index contributed by atoms with van der Waals surface area (Å²) < 4.78 is 55.6. The lowest BCUT2D eigenvalue weighted by Crippen LogP contribution is -2.04. The molecule has 0 spiro atoms. The first-order chi connectivity index (χ1) is 13.9. The molecule has 2 aromatic carbocycles. The monoisotopic (exact) mass is 496 g/mol. The Morgan fingerprint density at radius 1 is 0.733 bits per heavy atom. The molecule has 0 aliphatic heterocycles. The highest BCUT2D eigenvalue weighted by Gasteiger charge is 2.25. The zero-order valence-electron chi connectivity index (χ0n) is 15.1. The van der Waals surface area contributed by atoms with E-state index >= 15 is 0 Å². The molecule has 30 heavy (non-hydrogen) atoms. The first kappa shape index (κ1) is 24.0. The fraction of sp³-hybridized carbons (Fsp3) is 0.143. The minimum atomic E-state index is -4.16. The molecular formula is C14H12N2O10S4. The highest BCUT2D eigenvalue weighted by Crippen LogP contribution is 2.45. The lowest BCUT2D eigenvalue weighted by atomic mass is 10.3. The second-order valence-electron chi connectivity index (χ2n) is 5.18.